The van der Waals surface area contributed by atoms with Crippen molar-refractivity contribution in [1.29, 1.82) is 0 Å². The van der Waals surface area contributed by atoms with E-state index in [1.807, 2.05) is 36.0 Å². The SMILES string of the molecule is COCc1cccc(-c2nc3c(c(NN)n2)CSC3)c1. The molecule has 2 heterocycles. The first-order valence-electron chi connectivity index (χ1n) is 6.34. The number of ether oxygens (including phenoxy) is 1. The highest BCUT2D eigenvalue weighted by molar-refractivity contribution is 7.98. The quantitative estimate of drug-likeness (QED) is 0.664. The summed E-state index contributed by atoms with van der Waals surface area (Å²) in [4.78, 5) is 9.20. The Morgan fingerprint density at radius 2 is 2.25 bits per heavy atom. The number of nitrogens with two attached hydrogens (primary N) is 1. The Labute approximate surface area is 121 Å². The van der Waals surface area contributed by atoms with Crippen molar-refractivity contribution in [3.8, 4) is 11.4 Å². The lowest BCUT2D eigenvalue weighted by Crippen LogP contribution is -2.12. The van der Waals surface area contributed by atoms with E-state index in [1.54, 1.807) is 7.11 Å². The van der Waals surface area contributed by atoms with Crippen LogP contribution in [0.15, 0.2) is 24.3 Å². The summed E-state index contributed by atoms with van der Waals surface area (Å²) in [6, 6.07) is 8.07. The van der Waals surface area contributed by atoms with Gasteiger partial charge in [-0.25, -0.2) is 15.8 Å². The van der Waals surface area contributed by atoms with Gasteiger partial charge in [0.15, 0.2) is 5.82 Å². The maximum Gasteiger partial charge on any atom is 0.161 e. The maximum absolute atomic E-state index is 5.58. The van der Waals surface area contributed by atoms with Crippen LogP contribution in [0.1, 0.15) is 16.8 Å². The first kappa shape index (κ1) is 13.4. The van der Waals surface area contributed by atoms with E-state index in [0.29, 0.717) is 12.4 Å². The van der Waals surface area contributed by atoms with Crippen molar-refractivity contribution in [1.82, 2.24) is 9.97 Å². The molecule has 3 N–H and O–H groups in total. The number of aromatic nitrogens is 2. The van der Waals surface area contributed by atoms with E-state index in [-0.39, 0.29) is 0 Å². The Hall–Kier alpha value is -1.63. The fraction of sp³-hybridized carbons (Fsp3) is 0.286. The Bertz CT molecular complexity index is 633. The van der Waals surface area contributed by atoms with Crippen LogP contribution >= 0.6 is 11.8 Å². The summed E-state index contributed by atoms with van der Waals surface area (Å²) < 4.78 is 5.16. The molecular weight excluding hydrogens is 272 g/mol. The number of methoxy groups -OCH3 is 1. The van der Waals surface area contributed by atoms with Gasteiger partial charge < -0.3 is 10.2 Å². The number of fused-ring (bicyclic) bond motifs is 1. The predicted molar refractivity (Wildman–Crippen MR) is 81.0 cm³/mol. The van der Waals surface area contributed by atoms with E-state index in [4.69, 9.17) is 10.6 Å². The topological polar surface area (TPSA) is 73.1 Å². The third-order valence-corrected chi connectivity index (χ3v) is 4.18. The summed E-state index contributed by atoms with van der Waals surface area (Å²) >= 11 is 1.83. The van der Waals surface area contributed by atoms with Crippen LogP contribution in [0.3, 0.4) is 0 Å². The van der Waals surface area contributed by atoms with Crippen molar-refractivity contribution in [3.05, 3.63) is 41.1 Å². The molecule has 0 fully saturated rings. The van der Waals surface area contributed by atoms with Crippen LogP contribution in [0.2, 0.25) is 0 Å². The zero-order valence-electron chi connectivity index (χ0n) is 11.2. The number of rotatable bonds is 4. The summed E-state index contributed by atoms with van der Waals surface area (Å²) in [6.45, 7) is 0.580. The number of nitrogens with zero attached hydrogens (tertiary/aromatic N) is 2. The highest BCUT2D eigenvalue weighted by Crippen LogP contribution is 2.34. The van der Waals surface area contributed by atoms with Gasteiger partial charge in [-0.15, -0.1) is 0 Å². The number of nitrogens with one attached hydrogen (secondary N) is 1. The fourth-order valence-corrected chi connectivity index (χ4v) is 3.31. The predicted octanol–water partition coefficient (Wildman–Crippen LogP) is 2.32. The lowest BCUT2D eigenvalue weighted by Gasteiger charge is -2.09. The summed E-state index contributed by atoms with van der Waals surface area (Å²) in [7, 11) is 1.69. The molecule has 0 aliphatic carbocycles. The molecule has 104 valence electrons. The third kappa shape index (κ3) is 2.49. The Morgan fingerprint density at radius 3 is 3.05 bits per heavy atom. The molecule has 1 aromatic carbocycles. The van der Waals surface area contributed by atoms with Crippen molar-refractivity contribution in [2.75, 3.05) is 12.5 Å². The molecule has 1 aromatic heterocycles. The normalized spacial score (nSPS) is 13.3. The average molecular weight is 288 g/mol. The molecule has 0 spiro atoms. The van der Waals surface area contributed by atoms with Gasteiger partial charge in [-0.1, -0.05) is 18.2 Å². The smallest absolute Gasteiger partial charge is 0.161 e. The van der Waals surface area contributed by atoms with Gasteiger partial charge in [0.2, 0.25) is 0 Å². The van der Waals surface area contributed by atoms with Crippen LogP contribution in [-0.4, -0.2) is 17.1 Å². The highest BCUT2D eigenvalue weighted by atomic mass is 32.2. The molecule has 20 heavy (non-hydrogen) atoms. The number of hydrogen-bond donors (Lipinski definition) is 2. The van der Waals surface area contributed by atoms with Gasteiger partial charge in [-0.3, -0.25) is 0 Å². The van der Waals surface area contributed by atoms with Gasteiger partial charge in [0.1, 0.15) is 5.82 Å². The minimum Gasteiger partial charge on any atom is -0.380 e. The molecule has 3 rings (SSSR count). The third-order valence-electron chi connectivity index (χ3n) is 3.21. The van der Waals surface area contributed by atoms with E-state index in [9.17, 15) is 0 Å². The molecule has 0 bridgehead atoms. The molecule has 0 saturated carbocycles. The van der Waals surface area contributed by atoms with Crippen LogP contribution in [0.4, 0.5) is 5.82 Å². The monoisotopic (exact) mass is 288 g/mol. The molecule has 0 amide bonds. The lowest BCUT2D eigenvalue weighted by atomic mass is 10.1. The molecule has 2 aromatic rings. The van der Waals surface area contributed by atoms with E-state index < -0.39 is 0 Å². The molecule has 5 nitrogen and oxygen atoms in total. The molecular formula is C14H16N4OS. The Balaban J connectivity index is 2.04. The van der Waals surface area contributed by atoms with Crippen molar-refractivity contribution < 1.29 is 4.74 Å². The standard InChI is InChI=1S/C14H16N4OS/c1-19-6-9-3-2-4-10(5-9)13-16-12-8-20-7-11(12)14(17-13)18-15/h2-5H,6-8,15H2,1H3,(H,16,17,18). The molecule has 0 atom stereocenters. The zero-order valence-corrected chi connectivity index (χ0v) is 12.0. The number of hydrogen-bond acceptors (Lipinski definition) is 6. The number of anilines is 1. The van der Waals surface area contributed by atoms with E-state index in [1.165, 1.54) is 0 Å². The van der Waals surface area contributed by atoms with Gasteiger partial charge in [-0.05, 0) is 11.6 Å². The van der Waals surface area contributed by atoms with E-state index >= 15 is 0 Å². The number of thioether (sulfide) groups is 1. The largest absolute Gasteiger partial charge is 0.380 e. The lowest BCUT2D eigenvalue weighted by molar-refractivity contribution is 0.185. The number of nitrogen functional groups attached to an aromatic ring is 1. The first-order valence-corrected chi connectivity index (χ1v) is 7.49. The average Bonchev–Trinajstić information content (AvgIpc) is 2.95. The van der Waals surface area contributed by atoms with Crippen LogP contribution in [0.25, 0.3) is 11.4 Å². The van der Waals surface area contributed by atoms with Crippen molar-refractivity contribution in [2.45, 2.75) is 18.1 Å². The van der Waals surface area contributed by atoms with Gasteiger partial charge >= 0.3 is 0 Å². The van der Waals surface area contributed by atoms with Crippen molar-refractivity contribution >= 4 is 17.6 Å². The summed E-state index contributed by atoms with van der Waals surface area (Å²) in [6.07, 6.45) is 0. The molecule has 1 aliphatic heterocycles. The molecule has 0 saturated heterocycles. The second-order valence-electron chi connectivity index (χ2n) is 4.59. The Morgan fingerprint density at radius 1 is 1.35 bits per heavy atom. The van der Waals surface area contributed by atoms with E-state index in [2.05, 4.69) is 15.4 Å². The van der Waals surface area contributed by atoms with Crippen molar-refractivity contribution in [3.63, 3.8) is 0 Å². The Kier molecular flexibility index (Phi) is 3.86. The first-order chi connectivity index (χ1) is 9.81. The molecule has 6 heteroatoms. The maximum atomic E-state index is 5.58. The summed E-state index contributed by atoms with van der Waals surface area (Å²) in [5.41, 5.74) is 6.97. The summed E-state index contributed by atoms with van der Waals surface area (Å²) in [5, 5.41) is 0. The number of hydrazine groups is 1. The fourth-order valence-electron chi connectivity index (χ4n) is 2.27. The minimum absolute atomic E-state index is 0.580. The van der Waals surface area contributed by atoms with Gasteiger partial charge in [0.05, 0.1) is 12.3 Å². The van der Waals surface area contributed by atoms with Gasteiger partial charge in [-0.2, -0.15) is 11.8 Å². The second-order valence-corrected chi connectivity index (χ2v) is 5.58. The molecule has 0 radical (unpaired) electrons. The van der Waals surface area contributed by atoms with Gasteiger partial charge in [0, 0.05) is 29.7 Å². The van der Waals surface area contributed by atoms with E-state index in [0.717, 1.165) is 39.7 Å². The highest BCUT2D eigenvalue weighted by Gasteiger charge is 2.19. The number of benzene rings is 1. The minimum atomic E-state index is 0.580. The zero-order chi connectivity index (χ0) is 13.9. The van der Waals surface area contributed by atoms with Crippen LogP contribution in [0, 0.1) is 0 Å². The second kappa shape index (κ2) is 5.78. The van der Waals surface area contributed by atoms with Crippen LogP contribution < -0.4 is 11.3 Å². The van der Waals surface area contributed by atoms with Crippen LogP contribution in [-0.2, 0) is 22.8 Å². The molecule has 1 aliphatic rings. The van der Waals surface area contributed by atoms with Gasteiger partial charge in [0.25, 0.3) is 0 Å². The van der Waals surface area contributed by atoms with Crippen molar-refractivity contribution in [2.24, 2.45) is 5.84 Å². The molecule has 0 unspecified atom stereocenters. The summed E-state index contributed by atoms with van der Waals surface area (Å²) in [5.74, 6) is 8.84. The van der Waals surface area contributed by atoms with Crippen LogP contribution in [0.5, 0.6) is 0 Å².